The third-order valence-electron chi connectivity index (χ3n) is 3.89. The summed E-state index contributed by atoms with van der Waals surface area (Å²) in [5.74, 6) is 0.0547. The van der Waals surface area contributed by atoms with Crippen molar-refractivity contribution in [1.82, 2.24) is 4.90 Å². The van der Waals surface area contributed by atoms with Crippen LogP contribution >= 0.6 is 0 Å². The van der Waals surface area contributed by atoms with Crippen molar-refractivity contribution in [1.29, 1.82) is 0 Å². The molecule has 0 bridgehead atoms. The van der Waals surface area contributed by atoms with E-state index in [1.165, 1.54) is 12.8 Å². The summed E-state index contributed by atoms with van der Waals surface area (Å²) in [7, 11) is 0. The molecule has 2 rings (SSSR count). The molecule has 0 aromatic heterocycles. The highest BCUT2D eigenvalue weighted by molar-refractivity contribution is 5.95. The molecule has 0 radical (unpaired) electrons. The minimum Gasteiger partial charge on any atom is -0.399 e. The number of rotatable bonds is 6. The first-order valence-corrected chi connectivity index (χ1v) is 7.45. The largest absolute Gasteiger partial charge is 0.399 e. The Hall–Kier alpha value is -1.55. The monoisotopic (exact) mass is 275 g/mol. The number of hydrogen-bond donors (Lipinski definition) is 2. The summed E-state index contributed by atoms with van der Waals surface area (Å²) in [5, 5.41) is 3.01. The maximum atomic E-state index is 12.4. The highest BCUT2D eigenvalue weighted by atomic mass is 16.2. The standard InChI is InChI=1S/C16H25N3O/c1-4-9-19(14-7-8-14)12(3)16(20)18-15-10-13(17)6-5-11(15)2/h5-6,10,12,14H,4,7-9,17H2,1-3H3,(H,18,20). The highest BCUT2D eigenvalue weighted by Crippen LogP contribution is 2.29. The van der Waals surface area contributed by atoms with E-state index in [0.717, 1.165) is 24.2 Å². The Bertz CT molecular complexity index is 483. The first kappa shape index (κ1) is 14.9. The maximum Gasteiger partial charge on any atom is 0.241 e. The molecule has 0 aliphatic heterocycles. The van der Waals surface area contributed by atoms with Crippen LogP contribution in [0.4, 0.5) is 11.4 Å². The number of aryl methyl sites for hydroxylation is 1. The van der Waals surface area contributed by atoms with Gasteiger partial charge in [-0.1, -0.05) is 13.0 Å². The lowest BCUT2D eigenvalue weighted by molar-refractivity contribution is -0.121. The van der Waals surface area contributed by atoms with Gasteiger partial charge in [-0.25, -0.2) is 0 Å². The zero-order valence-corrected chi connectivity index (χ0v) is 12.6. The lowest BCUT2D eigenvalue weighted by atomic mass is 10.1. The zero-order chi connectivity index (χ0) is 14.7. The van der Waals surface area contributed by atoms with E-state index >= 15 is 0 Å². The maximum absolute atomic E-state index is 12.4. The fraction of sp³-hybridized carbons (Fsp3) is 0.562. The molecule has 1 amide bonds. The molecule has 110 valence electrons. The molecule has 1 saturated carbocycles. The van der Waals surface area contributed by atoms with E-state index in [1.807, 2.05) is 32.0 Å². The lowest BCUT2D eigenvalue weighted by Gasteiger charge is -2.28. The Labute approximate surface area is 121 Å². The Balaban J connectivity index is 2.04. The van der Waals surface area contributed by atoms with Gasteiger partial charge < -0.3 is 11.1 Å². The van der Waals surface area contributed by atoms with Gasteiger partial charge in [0.15, 0.2) is 0 Å². The van der Waals surface area contributed by atoms with Gasteiger partial charge in [-0.05, 0) is 57.4 Å². The molecule has 1 aromatic rings. The topological polar surface area (TPSA) is 58.4 Å². The third kappa shape index (κ3) is 3.51. The number of carbonyl (C=O) groups is 1. The van der Waals surface area contributed by atoms with Gasteiger partial charge >= 0.3 is 0 Å². The van der Waals surface area contributed by atoms with Crippen molar-refractivity contribution >= 4 is 17.3 Å². The van der Waals surface area contributed by atoms with E-state index in [9.17, 15) is 4.79 Å². The normalized spacial score (nSPS) is 16.2. The Kier molecular flexibility index (Phi) is 4.65. The molecule has 4 heteroatoms. The average Bonchev–Trinajstić information content (AvgIpc) is 3.23. The Morgan fingerprint density at radius 3 is 2.80 bits per heavy atom. The van der Waals surface area contributed by atoms with Gasteiger partial charge in [0.05, 0.1) is 6.04 Å². The van der Waals surface area contributed by atoms with Gasteiger partial charge in [-0.2, -0.15) is 0 Å². The van der Waals surface area contributed by atoms with Crippen LogP contribution in [0.5, 0.6) is 0 Å². The quantitative estimate of drug-likeness (QED) is 0.785. The summed E-state index contributed by atoms with van der Waals surface area (Å²) < 4.78 is 0. The van der Waals surface area contributed by atoms with Crippen LogP contribution in [-0.2, 0) is 4.79 Å². The molecular formula is C16H25N3O. The van der Waals surface area contributed by atoms with E-state index in [4.69, 9.17) is 5.73 Å². The fourth-order valence-electron chi connectivity index (χ4n) is 2.52. The van der Waals surface area contributed by atoms with Crippen molar-refractivity contribution in [3.63, 3.8) is 0 Å². The molecule has 20 heavy (non-hydrogen) atoms. The summed E-state index contributed by atoms with van der Waals surface area (Å²) in [4.78, 5) is 14.7. The molecule has 3 N–H and O–H groups in total. The molecule has 1 fully saturated rings. The Morgan fingerprint density at radius 2 is 2.20 bits per heavy atom. The van der Waals surface area contributed by atoms with Crippen molar-refractivity contribution < 1.29 is 4.79 Å². The van der Waals surface area contributed by atoms with Crippen molar-refractivity contribution in [2.24, 2.45) is 0 Å². The number of nitrogens with zero attached hydrogens (tertiary/aromatic N) is 1. The minimum absolute atomic E-state index is 0.0547. The molecule has 4 nitrogen and oxygen atoms in total. The molecular weight excluding hydrogens is 250 g/mol. The predicted octanol–water partition coefficient (Wildman–Crippen LogP) is 2.78. The summed E-state index contributed by atoms with van der Waals surface area (Å²) in [6.45, 7) is 7.10. The summed E-state index contributed by atoms with van der Waals surface area (Å²) >= 11 is 0. The average molecular weight is 275 g/mol. The fourth-order valence-corrected chi connectivity index (χ4v) is 2.52. The minimum atomic E-state index is -0.0942. The van der Waals surface area contributed by atoms with Crippen LogP contribution in [0.3, 0.4) is 0 Å². The zero-order valence-electron chi connectivity index (χ0n) is 12.6. The summed E-state index contributed by atoms with van der Waals surface area (Å²) in [6, 6.07) is 6.10. The van der Waals surface area contributed by atoms with Crippen molar-refractivity contribution in [2.75, 3.05) is 17.6 Å². The van der Waals surface area contributed by atoms with Gasteiger partial charge in [0.1, 0.15) is 0 Å². The molecule has 0 saturated heterocycles. The van der Waals surface area contributed by atoms with Gasteiger partial charge in [0.2, 0.25) is 5.91 Å². The van der Waals surface area contributed by atoms with E-state index in [0.29, 0.717) is 11.7 Å². The van der Waals surface area contributed by atoms with Crippen molar-refractivity contribution in [3.05, 3.63) is 23.8 Å². The second-order valence-electron chi connectivity index (χ2n) is 5.71. The highest BCUT2D eigenvalue weighted by Gasteiger charge is 2.34. The van der Waals surface area contributed by atoms with Crippen LogP contribution in [0, 0.1) is 6.92 Å². The molecule has 1 aromatic carbocycles. The number of carbonyl (C=O) groups excluding carboxylic acids is 1. The van der Waals surface area contributed by atoms with E-state index in [1.54, 1.807) is 0 Å². The first-order valence-electron chi connectivity index (χ1n) is 7.45. The van der Waals surface area contributed by atoms with Gasteiger partial charge in [-0.15, -0.1) is 0 Å². The number of nitrogens with two attached hydrogens (primary N) is 1. The van der Waals surface area contributed by atoms with Crippen LogP contribution in [0.1, 0.15) is 38.7 Å². The van der Waals surface area contributed by atoms with E-state index < -0.39 is 0 Å². The lowest BCUT2D eigenvalue weighted by Crippen LogP contribution is -2.43. The Morgan fingerprint density at radius 1 is 1.50 bits per heavy atom. The molecule has 1 aliphatic carbocycles. The number of anilines is 2. The second-order valence-corrected chi connectivity index (χ2v) is 5.71. The predicted molar refractivity (Wildman–Crippen MR) is 83.7 cm³/mol. The van der Waals surface area contributed by atoms with Crippen LogP contribution in [0.25, 0.3) is 0 Å². The third-order valence-corrected chi connectivity index (χ3v) is 3.89. The van der Waals surface area contributed by atoms with Crippen LogP contribution in [0.2, 0.25) is 0 Å². The summed E-state index contributed by atoms with van der Waals surface area (Å²) in [5.41, 5.74) is 8.31. The molecule has 1 aliphatic rings. The molecule has 0 spiro atoms. The number of benzene rings is 1. The first-order chi connectivity index (χ1) is 9.52. The molecule has 0 heterocycles. The number of amides is 1. The van der Waals surface area contributed by atoms with E-state index in [2.05, 4.69) is 17.1 Å². The molecule has 1 unspecified atom stereocenters. The van der Waals surface area contributed by atoms with Gasteiger partial charge in [-0.3, -0.25) is 9.69 Å². The number of nitrogen functional groups attached to an aromatic ring is 1. The number of nitrogens with one attached hydrogen (secondary N) is 1. The van der Waals surface area contributed by atoms with Crippen LogP contribution in [-0.4, -0.2) is 29.4 Å². The number of hydrogen-bond acceptors (Lipinski definition) is 3. The second kappa shape index (κ2) is 6.27. The SMILES string of the molecule is CCCN(C1CC1)C(C)C(=O)Nc1cc(N)ccc1C. The van der Waals surface area contributed by atoms with Gasteiger partial charge in [0, 0.05) is 17.4 Å². The molecule has 1 atom stereocenters. The smallest absolute Gasteiger partial charge is 0.241 e. The van der Waals surface area contributed by atoms with E-state index in [-0.39, 0.29) is 11.9 Å². The van der Waals surface area contributed by atoms with Crippen molar-refractivity contribution in [2.45, 2.75) is 52.1 Å². The van der Waals surface area contributed by atoms with Crippen LogP contribution < -0.4 is 11.1 Å². The summed E-state index contributed by atoms with van der Waals surface area (Å²) in [6.07, 6.45) is 3.51. The van der Waals surface area contributed by atoms with Gasteiger partial charge in [0.25, 0.3) is 0 Å². The van der Waals surface area contributed by atoms with Crippen LogP contribution in [0.15, 0.2) is 18.2 Å². The van der Waals surface area contributed by atoms with Crippen molar-refractivity contribution in [3.8, 4) is 0 Å².